The van der Waals surface area contributed by atoms with Crippen LogP contribution in [-0.4, -0.2) is 14.9 Å². The number of nitrogens with zero attached hydrogens (tertiary/aromatic N) is 2. The highest BCUT2D eigenvalue weighted by atomic mass is 32.1. The lowest BCUT2D eigenvalue weighted by Crippen LogP contribution is -2.27. The maximum atomic E-state index is 13.2. The summed E-state index contributed by atoms with van der Waals surface area (Å²) in [6.45, 7) is 6.39. The lowest BCUT2D eigenvalue weighted by Gasteiger charge is -2.35. The van der Waals surface area contributed by atoms with Gasteiger partial charge in [0.2, 0.25) is 0 Å². The number of aliphatic hydroxyl groups excluding tert-OH is 1. The number of benzene rings is 1. The van der Waals surface area contributed by atoms with Crippen molar-refractivity contribution in [2.75, 3.05) is 0 Å². The number of aromatic nitrogens is 2. The Labute approximate surface area is 162 Å². The van der Waals surface area contributed by atoms with Crippen LogP contribution in [0.5, 0.6) is 0 Å². The third kappa shape index (κ3) is 3.37. The van der Waals surface area contributed by atoms with Gasteiger partial charge in [-0.05, 0) is 80.1 Å². The maximum absolute atomic E-state index is 13.2. The molecule has 1 aliphatic carbocycles. The van der Waals surface area contributed by atoms with Crippen LogP contribution in [-0.2, 0) is 6.42 Å². The van der Waals surface area contributed by atoms with E-state index in [9.17, 15) is 9.50 Å². The summed E-state index contributed by atoms with van der Waals surface area (Å²) in [5.41, 5.74) is 4.15. The van der Waals surface area contributed by atoms with Crippen LogP contribution in [0.2, 0.25) is 0 Å². The van der Waals surface area contributed by atoms with Gasteiger partial charge in [-0.15, -0.1) is 11.3 Å². The quantitative estimate of drug-likeness (QED) is 0.650. The van der Waals surface area contributed by atoms with Gasteiger partial charge >= 0.3 is 0 Å². The minimum Gasteiger partial charge on any atom is -0.388 e. The summed E-state index contributed by atoms with van der Waals surface area (Å²) in [5, 5.41) is 15.3. The molecule has 5 heteroatoms. The smallest absolute Gasteiger partial charge is 0.123 e. The highest BCUT2D eigenvalue weighted by molar-refractivity contribution is 7.12. The molecule has 2 unspecified atom stereocenters. The van der Waals surface area contributed by atoms with E-state index in [4.69, 9.17) is 0 Å². The molecule has 1 aromatic carbocycles. The van der Waals surface area contributed by atoms with E-state index in [1.165, 1.54) is 22.6 Å². The van der Waals surface area contributed by atoms with Gasteiger partial charge in [-0.1, -0.05) is 12.5 Å². The van der Waals surface area contributed by atoms with E-state index >= 15 is 0 Å². The van der Waals surface area contributed by atoms with E-state index in [0.29, 0.717) is 6.42 Å². The van der Waals surface area contributed by atoms with Crippen molar-refractivity contribution in [1.29, 1.82) is 0 Å². The van der Waals surface area contributed by atoms with Crippen molar-refractivity contribution in [3.05, 3.63) is 75.0 Å². The number of allylic oxidation sites excluding steroid dienone is 1. The van der Waals surface area contributed by atoms with E-state index < -0.39 is 6.10 Å². The van der Waals surface area contributed by atoms with Gasteiger partial charge in [-0.25, -0.2) is 9.07 Å². The molecule has 0 bridgehead atoms. The number of rotatable bonds is 4. The molecule has 0 spiro atoms. The van der Waals surface area contributed by atoms with Crippen molar-refractivity contribution < 1.29 is 9.50 Å². The first-order valence-corrected chi connectivity index (χ1v) is 9.93. The Kier molecular flexibility index (Phi) is 4.52. The highest BCUT2D eigenvalue weighted by Crippen LogP contribution is 2.45. The first-order chi connectivity index (χ1) is 12.9. The fourth-order valence-corrected chi connectivity index (χ4v) is 4.67. The molecule has 3 nitrogen and oxygen atoms in total. The summed E-state index contributed by atoms with van der Waals surface area (Å²) < 4.78 is 15.1. The lowest BCUT2D eigenvalue weighted by atomic mass is 9.70. The molecule has 3 aromatic rings. The van der Waals surface area contributed by atoms with E-state index in [1.54, 1.807) is 23.5 Å². The number of hydrogen-bond donors (Lipinski definition) is 1. The Bertz CT molecular complexity index is 1000. The fraction of sp³-hybridized carbons (Fsp3) is 0.318. The van der Waals surface area contributed by atoms with Gasteiger partial charge in [0.25, 0.3) is 0 Å². The van der Waals surface area contributed by atoms with Gasteiger partial charge in [-0.2, -0.15) is 5.10 Å². The Hall–Kier alpha value is -2.24. The van der Waals surface area contributed by atoms with Crippen molar-refractivity contribution in [3.8, 4) is 5.69 Å². The molecular formula is C22H23FN2OS. The summed E-state index contributed by atoms with van der Waals surface area (Å²) in [6, 6.07) is 10.5. The number of thiophene rings is 1. The Balaban J connectivity index is 1.63. The molecule has 0 radical (unpaired) electrons. The molecule has 2 aromatic heterocycles. The number of aliphatic hydroxyl groups is 1. The second-order valence-corrected chi connectivity index (χ2v) is 9.00. The summed E-state index contributed by atoms with van der Waals surface area (Å²) in [4.78, 5) is 2.24. The first-order valence-electron chi connectivity index (χ1n) is 9.12. The average Bonchev–Trinajstić information content (AvgIpc) is 3.22. The SMILES string of the molecule is CC1=Cc2c(cnn2-c2ccc(F)cc2)CC1(C)CC(O)c1ccc(C)s1. The van der Waals surface area contributed by atoms with Crippen LogP contribution < -0.4 is 0 Å². The zero-order valence-corrected chi connectivity index (χ0v) is 16.6. The van der Waals surface area contributed by atoms with Crippen LogP contribution in [0.1, 0.15) is 47.4 Å². The maximum Gasteiger partial charge on any atom is 0.123 e. The van der Waals surface area contributed by atoms with Crippen LogP contribution >= 0.6 is 11.3 Å². The summed E-state index contributed by atoms with van der Waals surface area (Å²) in [5.74, 6) is -0.253. The van der Waals surface area contributed by atoms with Crippen molar-refractivity contribution in [1.82, 2.24) is 9.78 Å². The molecule has 0 saturated heterocycles. The minimum absolute atomic E-state index is 0.124. The van der Waals surface area contributed by atoms with E-state index in [0.717, 1.165) is 28.2 Å². The van der Waals surface area contributed by atoms with Crippen molar-refractivity contribution >= 4 is 17.4 Å². The first kappa shape index (κ1) is 18.1. The van der Waals surface area contributed by atoms with Crippen LogP contribution in [0.3, 0.4) is 0 Å². The summed E-state index contributed by atoms with van der Waals surface area (Å²) in [7, 11) is 0. The normalized spacial score (nSPS) is 20.3. The van der Waals surface area contributed by atoms with Gasteiger partial charge in [0.1, 0.15) is 5.82 Å². The third-order valence-electron chi connectivity index (χ3n) is 5.58. The van der Waals surface area contributed by atoms with Crippen LogP contribution in [0.25, 0.3) is 11.8 Å². The van der Waals surface area contributed by atoms with Crippen molar-refractivity contribution in [2.24, 2.45) is 5.41 Å². The molecule has 0 fully saturated rings. The molecule has 27 heavy (non-hydrogen) atoms. The molecule has 0 amide bonds. The molecule has 0 saturated carbocycles. The summed E-state index contributed by atoms with van der Waals surface area (Å²) in [6.07, 6.45) is 5.08. The molecule has 1 N–H and O–H groups in total. The molecule has 4 rings (SSSR count). The molecule has 140 valence electrons. The second-order valence-electron chi connectivity index (χ2n) is 7.68. The zero-order valence-electron chi connectivity index (χ0n) is 15.7. The van der Waals surface area contributed by atoms with Crippen LogP contribution in [0.15, 0.2) is 48.2 Å². The number of hydrogen-bond acceptors (Lipinski definition) is 3. The number of aryl methyl sites for hydroxylation is 1. The Morgan fingerprint density at radius 2 is 1.96 bits per heavy atom. The summed E-state index contributed by atoms with van der Waals surface area (Å²) >= 11 is 1.66. The topological polar surface area (TPSA) is 38.0 Å². The monoisotopic (exact) mass is 382 g/mol. The van der Waals surface area contributed by atoms with Gasteiger partial charge in [0.05, 0.1) is 23.7 Å². The van der Waals surface area contributed by atoms with E-state index in [-0.39, 0.29) is 11.2 Å². The average molecular weight is 383 g/mol. The molecule has 1 aliphatic rings. The Morgan fingerprint density at radius 1 is 1.22 bits per heavy atom. The van der Waals surface area contributed by atoms with Crippen LogP contribution in [0, 0.1) is 18.2 Å². The molecule has 0 aliphatic heterocycles. The van der Waals surface area contributed by atoms with E-state index in [1.807, 2.05) is 16.9 Å². The third-order valence-corrected chi connectivity index (χ3v) is 6.68. The minimum atomic E-state index is -0.467. The zero-order chi connectivity index (χ0) is 19.2. The second kappa shape index (κ2) is 6.73. The highest BCUT2D eigenvalue weighted by Gasteiger charge is 2.35. The standard InChI is InChI=1S/C22H23FN2OS/c1-14-10-19-16(13-24-25(19)18-7-5-17(23)6-8-18)11-22(14,3)12-20(26)21-9-4-15(2)27-21/h4-10,13,20,26H,11-12H2,1-3H3. The van der Waals surface area contributed by atoms with Crippen molar-refractivity contribution in [2.45, 2.75) is 39.7 Å². The lowest BCUT2D eigenvalue weighted by molar-refractivity contribution is 0.124. The Morgan fingerprint density at radius 3 is 2.63 bits per heavy atom. The van der Waals surface area contributed by atoms with Gasteiger partial charge < -0.3 is 5.11 Å². The fourth-order valence-electron chi connectivity index (χ4n) is 3.80. The van der Waals surface area contributed by atoms with Gasteiger partial charge in [-0.3, -0.25) is 0 Å². The largest absolute Gasteiger partial charge is 0.388 e. The molecular weight excluding hydrogens is 359 g/mol. The van der Waals surface area contributed by atoms with Crippen molar-refractivity contribution in [3.63, 3.8) is 0 Å². The predicted molar refractivity (Wildman–Crippen MR) is 108 cm³/mol. The van der Waals surface area contributed by atoms with Gasteiger partial charge in [0, 0.05) is 9.75 Å². The van der Waals surface area contributed by atoms with E-state index in [2.05, 4.69) is 38.0 Å². The van der Waals surface area contributed by atoms with Crippen LogP contribution in [0.4, 0.5) is 4.39 Å². The van der Waals surface area contributed by atoms with Gasteiger partial charge in [0.15, 0.2) is 0 Å². The number of fused-ring (bicyclic) bond motifs is 1. The molecule has 2 heterocycles. The molecule has 2 atom stereocenters. The predicted octanol–water partition coefficient (Wildman–Crippen LogP) is 5.47. The number of halogens is 1.